The van der Waals surface area contributed by atoms with Gasteiger partial charge in [-0.3, -0.25) is 0 Å². The summed E-state index contributed by atoms with van der Waals surface area (Å²) in [5.74, 6) is 0. The molecule has 0 aliphatic heterocycles. The highest BCUT2D eigenvalue weighted by Crippen LogP contribution is 2.22. The van der Waals surface area contributed by atoms with Crippen molar-refractivity contribution in [2.24, 2.45) is 0 Å². The second kappa shape index (κ2) is 5.72. The van der Waals surface area contributed by atoms with Gasteiger partial charge in [0.05, 0.1) is 17.8 Å². The van der Waals surface area contributed by atoms with E-state index in [1.807, 2.05) is 6.92 Å². The number of sulfonamides is 1. The Labute approximate surface area is 99.8 Å². The maximum absolute atomic E-state index is 12.1. The van der Waals surface area contributed by atoms with E-state index in [0.29, 0.717) is 6.54 Å². The molecule has 0 atom stereocenters. The van der Waals surface area contributed by atoms with Crippen LogP contribution < -0.4 is 0 Å². The van der Waals surface area contributed by atoms with E-state index in [9.17, 15) is 8.42 Å². The quantitative estimate of drug-likeness (QED) is 0.826. The normalized spacial score (nSPS) is 12.2. The number of hydrogen-bond donors (Lipinski definition) is 1. The molecular formula is C9H16N2O3S2. The summed E-state index contributed by atoms with van der Waals surface area (Å²) in [5, 5.41) is 9.58. The molecule has 0 aliphatic carbocycles. The van der Waals surface area contributed by atoms with Crippen LogP contribution in [0, 0.1) is 6.92 Å². The molecule has 1 rings (SSSR count). The molecule has 0 saturated carbocycles. The SMILES string of the molecule is CCCN(CCO)S(=O)(=O)c1cnc(C)s1. The summed E-state index contributed by atoms with van der Waals surface area (Å²) >= 11 is 1.15. The summed E-state index contributed by atoms with van der Waals surface area (Å²) in [7, 11) is -3.48. The fraction of sp³-hybridized carbons (Fsp3) is 0.667. The van der Waals surface area contributed by atoms with Gasteiger partial charge >= 0.3 is 0 Å². The summed E-state index contributed by atoms with van der Waals surface area (Å²) in [6.07, 6.45) is 2.09. The Balaban J connectivity index is 2.97. The molecule has 0 saturated heterocycles. The van der Waals surface area contributed by atoms with Crippen LogP contribution in [0.4, 0.5) is 0 Å². The number of aryl methyl sites for hydroxylation is 1. The molecule has 5 nitrogen and oxygen atoms in total. The van der Waals surface area contributed by atoms with Crippen LogP contribution in [0.15, 0.2) is 10.4 Å². The highest BCUT2D eigenvalue weighted by Gasteiger charge is 2.25. The van der Waals surface area contributed by atoms with Gasteiger partial charge in [0.1, 0.15) is 0 Å². The summed E-state index contributed by atoms with van der Waals surface area (Å²) in [5.41, 5.74) is 0. The van der Waals surface area contributed by atoms with Gasteiger partial charge in [-0.15, -0.1) is 11.3 Å². The summed E-state index contributed by atoms with van der Waals surface area (Å²) < 4.78 is 25.8. The van der Waals surface area contributed by atoms with E-state index in [2.05, 4.69) is 4.98 Å². The molecule has 0 spiro atoms. The van der Waals surface area contributed by atoms with Crippen molar-refractivity contribution in [3.05, 3.63) is 11.2 Å². The third-order valence-electron chi connectivity index (χ3n) is 2.02. The minimum Gasteiger partial charge on any atom is -0.395 e. The highest BCUT2D eigenvalue weighted by molar-refractivity contribution is 7.91. The summed E-state index contributed by atoms with van der Waals surface area (Å²) in [6, 6.07) is 0. The van der Waals surface area contributed by atoms with Crippen LogP contribution in [0.2, 0.25) is 0 Å². The molecule has 92 valence electrons. The molecule has 0 radical (unpaired) electrons. The van der Waals surface area contributed by atoms with Crippen LogP contribution in [0.3, 0.4) is 0 Å². The molecule has 0 bridgehead atoms. The third-order valence-corrected chi connectivity index (χ3v) is 5.26. The fourth-order valence-corrected chi connectivity index (χ4v) is 4.09. The van der Waals surface area contributed by atoms with E-state index < -0.39 is 10.0 Å². The van der Waals surface area contributed by atoms with Crippen molar-refractivity contribution in [1.82, 2.24) is 9.29 Å². The standard InChI is InChI=1S/C9H16N2O3S2/c1-3-4-11(5-6-12)16(13,14)9-7-10-8(2)15-9/h7,12H,3-6H2,1-2H3. The van der Waals surface area contributed by atoms with Gasteiger partial charge in [0.25, 0.3) is 10.0 Å². The van der Waals surface area contributed by atoms with Crippen molar-refractivity contribution in [1.29, 1.82) is 0 Å². The predicted octanol–water partition coefficient (Wildman–Crippen LogP) is 0.845. The van der Waals surface area contributed by atoms with Crippen LogP contribution >= 0.6 is 11.3 Å². The summed E-state index contributed by atoms with van der Waals surface area (Å²) in [6.45, 7) is 4.04. The van der Waals surface area contributed by atoms with Crippen molar-refractivity contribution in [3.8, 4) is 0 Å². The van der Waals surface area contributed by atoms with Gasteiger partial charge in [-0.05, 0) is 13.3 Å². The Hall–Kier alpha value is -0.500. The number of aromatic nitrogens is 1. The van der Waals surface area contributed by atoms with Crippen molar-refractivity contribution >= 4 is 21.4 Å². The van der Waals surface area contributed by atoms with Gasteiger partial charge in [-0.25, -0.2) is 13.4 Å². The van der Waals surface area contributed by atoms with Crippen LogP contribution in [-0.2, 0) is 10.0 Å². The highest BCUT2D eigenvalue weighted by atomic mass is 32.2. The van der Waals surface area contributed by atoms with Gasteiger partial charge in [-0.2, -0.15) is 4.31 Å². The topological polar surface area (TPSA) is 70.5 Å². The van der Waals surface area contributed by atoms with Gasteiger partial charge in [0, 0.05) is 13.1 Å². The first kappa shape index (κ1) is 13.6. The van der Waals surface area contributed by atoms with Crippen LogP contribution in [0.25, 0.3) is 0 Å². The van der Waals surface area contributed by atoms with Gasteiger partial charge < -0.3 is 5.11 Å². The zero-order chi connectivity index (χ0) is 12.2. The number of aliphatic hydroxyl groups excluding tert-OH is 1. The van der Waals surface area contributed by atoms with Gasteiger partial charge in [0.2, 0.25) is 0 Å². The molecule has 1 aromatic rings. The van der Waals surface area contributed by atoms with Crippen molar-refractivity contribution in [2.45, 2.75) is 24.5 Å². The third kappa shape index (κ3) is 3.00. The van der Waals surface area contributed by atoms with E-state index in [0.717, 1.165) is 22.8 Å². The Kier molecular flexibility index (Phi) is 4.85. The van der Waals surface area contributed by atoms with E-state index >= 15 is 0 Å². The Morgan fingerprint density at radius 1 is 1.50 bits per heavy atom. The van der Waals surface area contributed by atoms with Crippen molar-refractivity contribution in [3.63, 3.8) is 0 Å². The smallest absolute Gasteiger partial charge is 0.254 e. The average molecular weight is 264 g/mol. The molecule has 0 aliphatic rings. The molecule has 1 N–H and O–H groups in total. The molecular weight excluding hydrogens is 248 g/mol. The second-order valence-electron chi connectivity index (χ2n) is 3.33. The lowest BCUT2D eigenvalue weighted by atomic mass is 10.5. The number of rotatable bonds is 6. The molecule has 0 unspecified atom stereocenters. The average Bonchev–Trinajstić information content (AvgIpc) is 2.65. The number of aliphatic hydroxyl groups is 1. The fourth-order valence-electron chi connectivity index (χ4n) is 1.30. The monoisotopic (exact) mass is 264 g/mol. The van der Waals surface area contributed by atoms with Crippen molar-refractivity contribution < 1.29 is 13.5 Å². The van der Waals surface area contributed by atoms with Crippen LogP contribution in [0.1, 0.15) is 18.4 Å². The van der Waals surface area contributed by atoms with Crippen molar-refractivity contribution in [2.75, 3.05) is 19.7 Å². The molecule has 1 heterocycles. The zero-order valence-corrected chi connectivity index (χ0v) is 11.0. The molecule has 1 aromatic heterocycles. The van der Waals surface area contributed by atoms with E-state index in [-0.39, 0.29) is 17.4 Å². The van der Waals surface area contributed by atoms with E-state index in [1.54, 1.807) is 6.92 Å². The lowest BCUT2D eigenvalue weighted by molar-refractivity contribution is 0.254. The Morgan fingerprint density at radius 2 is 2.19 bits per heavy atom. The second-order valence-corrected chi connectivity index (χ2v) is 6.73. The van der Waals surface area contributed by atoms with Crippen LogP contribution in [-0.4, -0.2) is 42.5 Å². The Morgan fingerprint density at radius 3 is 2.62 bits per heavy atom. The number of nitrogens with zero attached hydrogens (tertiary/aromatic N) is 2. The Bertz CT molecular complexity index is 422. The number of hydrogen-bond acceptors (Lipinski definition) is 5. The predicted molar refractivity (Wildman–Crippen MR) is 63.0 cm³/mol. The maximum atomic E-state index is 12.1. The molecule has 7 heteroatoms. The van der Waals surface area contributed by atoms with Crippen LogP contribution in [0.5, 0.6) is 0 Å². The minimum atomic E-state index is -3.48. The first-order valence-electron chi connectivity index (χ1n) is 5.05. The maximum Gasteiger partial charge on any atom is 0.254 e. The molecule has 16 heavy (non-hydrogen) atoms. The summed E-state index contributed by atoms with van der Waals surface area (Å²) in [4.78, 5) is 3.94. The number of thiazole rings is 1. The lowest BCUT2D eigenvalue weighted by Crippen LogP contribution is -2.33. The largest absolute Gasteiger partial charge is 0.395 e. The molecule has 0 aromatic carbocycles. The molecule has 0 fully saturated rings. The first-order chi connectivity index (χ1) is 7.52. The lowest BCUT2D eigenvalue weighted by Gasteiger charge is -2.19. The van der Waals surface area contributed by atoms with E-state index in [1.165, 1.54) is 10.5 Å². The zero-order valence-electron chi connectivity index (χ0n) is 9.38. The van der Waals surface area contributed by atoms with Gasteiger partial charge in [-0.1, -0.05) is 6.92 Å². The van der Waals surface area contributed by atoms with E-state index in [4.69, 9.17) is 5.11 Å². The first-order valence-corrected chi connectivity index (χ1v) is 7.31. The minimum absolute atomic E-state index is 0.132. The van der Waals surface area contributed by atoms with Gasteiger partial charge in [0.15, 0.2) is 4.21 Å². The molecule has 0 amide bonds.